The minimum absolute atomic E-state index is 0.313. The van der Waals surface area contributed by atoms with Crippen molar-refractivity contribution in [3.8, 4) is 0 Å². The van der Waals surface area contributed by atoms with E-state index < -0.39 is 0 Å². The Kier molecular flexibility index (Phi) is 3.42. The summed E-state index contributed by atoms with van der Waals surface area (Å²) in [6.45, 7) is 0. The van der Waals surface area contributed by atoms with Crippen LogP contribution in [0.3, 0.4) is 0 Å². The van der Waals surface area contributed by atoms with Crippen molar-refractivity contribution in [2.45, 2.75) is 49.0 Å². The Morgan fingerprint density at radius 2 is 1.78 bits per heavy atom. The summed E-state index contributed by atoms with van der Waals surface area (Å²) in [6.07, 6.45) is 5.18. The molecule has 1 aromatic carbocycles. The Morgan fingerprint density at radius 1 is 1.17 bits per heavy atom. The number of amides is 1. The SMILES string of the molecule is O=C(Cc1ccccc1)N1C2CCC1CC(Br)C2. The molecule has 3 rings (SSSR count). The first-order valence-corrected chi connectivity index (χ1v) is 7.65. The van der Waals surface area contributed by atoms with Crippen molar-refractivity contribution >= 4 is 21.8 Å². The normalized spacial score (nSPS) is 30.5. The monoisotopic (exact) mass is 307 g/mol. The summed E-state index contributed by atoms with van der Waals surface area (Å²) in [5, 5.41) is 0. The largest absolute Gasteiger partial charge is 0.336 e. The molecule has 2 fully saturated rings. The van der Waals surface area contributed by atoms with Gasteiger partial charge in [-0.3, -0.25) is 4.79 Å². The highest BCUT2D eigenvalue weighted by Gasteiger charge is 2.42. The molecule has 2 atom stereocenters. The van der Waals surface area contributed by atoms with E-state index in [2.05, 4.69) is 20.8 Å². The second kappa shape index (κ2) is 5.04. The molecule has 2 bridgehead atoms. The second-order valence-electron chi connectivity index (χ2n) is 5.42. The molecule has 2 nitrogen and oxygen atoms in total. The zero-order chi connectivity index (χ0) is 12.5. The third-order valence-electron chi connectivity index (χ3n) is 4.16. The Bertz CT molecular complexity index is 419. The highest BCUT2D eigenvalue weighted by Crippen LogP contribution is 2.38. The maximum absolute atomic E-state index is 12.4. The van der Waals surface area contributed by atoms with E-state index in [0.717, 1.165) is 18.4 Å². The van der Waals surface area contributed by atoms with Crippen molar-refractivity contribution in [2.75, 3.05) is 0 Å². The van der Waals surface area contributed by atoms with Crippen LogP contribution in [0.25, 0.3) is 0 Å². The number of rotatable bonds is 2. The number of piperidine rings is 1. The van der Waals surface area contributed by atoms with Crippen LogP contribution < -0.4 is 0 Å². The first kappa shape index (κ1) is 12.2. The van der Waals surface area contributed by atoms with Gasteiger partial charge in [0, 0.05) is 16.9 Å². The predicted octanol–water partition coefficient (Wildman–Crippen LogP) is 3.15. The standard InChI is InChI=1S/C15H18BrNO/c16-12-9-13-6-7-14(10-12)17(13)15(18)8-11-4-2-1-3-5-11/h1-5,12-14H,6-10H2. The molecular weight excluding hydrogens is 290 g/mol. The number of carbonyl (C=O) groups excluding carboxylic acids is 1. The van der Waals surface area contributed by atoms with Gasteiger partial charge in [-0.1, -0.05) is 46.3 Å². The number of nitrogens with zero attached hydrogens (tertiary/aromatic N) is 1. The summed E-state index contributed by atoms with van der Waals surface area (Å²) >= 11 is 3.71. The van der Waals surface area contributed by atoms with Crippen LogP contribution in [0.5, 0.6) is 0 Å². The summed E-state index contributed by atoms with van der Waals surface area (Å²) in [7, 11) is 0. The number of halogens is 1. The fourth-order valence-corrected chi connectivity index (χ4v) is 4.24. The van der Waals surface area contributed by atoms with Crippen LogP contribution in [0.1, 0.15) is 31.2 Å². The first-order valence-electron chi connectivity index (χ1n) is 6.73. The molecule has 1 aromatic rings. The average Bonchev–Trinajstić information content (AvgIpc) is 2.63. The Balaban J connectivity index is 1.70. The van der Waals surface area contributed by atoms with E-state index in [1.165, 1.54) is 12.8 Å². The predicted molar refractivity (Wildman–Crippen MR) is 75.8 cm³/mol. The lowest BCUT2D eigenvalue weighted by atomic mass is 10.0. The zero-order valence-electron chi connectivity index (χ0n) is 10.4. The van der Waals surface area contributed by atoms with Gasteiger partial charge in [-0.15, -0.1) is 0 Å². The smallest absolute Gasteiger partial charge is 0.227 e. The molecule has 2 aliphatic rings. The van der Waals surface area contributed by atoms with Gasteiger partial charge >= 0.3 is 0 Å². The van der Waals surface area contributed by atoms with Gasteiger partial charge in [0.25, 0.3) is 0 Å². The van der Waals surface area contributed by atoms with Crippen LogP contribution in [0.4, 0.5) is 0 Å². The van der Waals surface area contributed by atoms with Gasteiger partial charge in [0.05, 0.1) is 6.42 Å². The zero-order valence-corrected chi connectivity index (χ0v) is 12.0. The number of fused-ring (bicyclic) bond motifs is 2. The quantitative estimate of drug-likeness (QED) is 0.769. The van der Waals surface area contributed by atoms with Crippen molar-refractivity contribution < 1.29 is 4.79 Å². The van der Waals surface area contributed by atoms with E-state index in [1.807, 2.05) is 30.3 Å². The lowest BCUT2D eigenvalue weighted by Gasteiger charge is -2.37. The van der Waals surface area contributed by atoms with Crippen molar-refractivity contribution in [3.63, 3.8) is 0 Å². The molecule has 18 heavy (non-hydrogen) atoms. The molecule has 2 aliphatic heterocycles. The van der Waals surface area contributed by atoms with Gasteiger partial charge in [0.1, 0.15) is 0 Å². The van der Waals surface area contributed by atoms with E-state index in [1.54, 1.807) is 0 Å². The topological polar surface area (TPSA) is 20.3 Å². The molecule has 96 valence electrons. The third kappa shape index (κ3) is 2.33. The minimum Gasteiger partial charge on any atom is -0.336 e. The van der Waals surface area contributed by atoms with Crippen molar-refractivity contribution in [3.05, 3.63) is 35.9 Å². The number of hydrogen-bond donors (Lipinski definition) is 0. The maximum Gasteiger partial charge on any atom is 0.227 e. The van der Waals surface area contributed by atoms with Gasteiger partial charge in [-0.25, -0.2) is 0 Å². The first-order chi connectivity index (χ1) is 8.74. The molecule has 3 heteroatoms. The molecule has 2 heterocycles. The van der Waals surface area contributed by atoms with Crippen molar-refractivity contribution in [1.29, 1.82) is 0 Å². The Morgan fingerprint density at radius 3 is 2.39 bits per heavy atom. The number of hydrogen-bond acceptors (Lipinski definition) is 1. The molecular formula is C15H18BrNO. The maximum atomic E-state index is 12.4. The summed E-state index contributed by atoms with van der Waals surface area (Å²) in [4.78, 5) is 15.2. The van der Waals surface area contributed by atoms with Crippen LogP contribution in [0.15, 0.2) is 30.3 Å². The fraction of sp³-hybridized carbons (Fsp3) is 0.533. The van der Waals surface area contributed by atoms with Crippen LogP contribution in [-0.4, -0.2) is 27.7 Å². The molecule has 2 saturated heterocycles. The molecule has 0 saturated carbocycles. The van der Waals surface area contributed by atoms with E-state index >= 15 is 0 Å². The van der Waals surface area contributed by atoms with E-state index in [9.17, 15) is 4.79 Å². The minimum atomic E-state index is 0.313. The molecule has 0 spiro atoms. The van der Waals surface area contributed by atoms with Crippen LogP contribution in [0.2, 0.25) is 0 Å². The summed E-state index contributed by atoms with van der Waals surface area (Å²) < 4.78 is 0. The summed E-state index contributed by atoms with van der Waals surface area (Å²) in [5.41, 5.74) is 1.13. The van der Waals surface area contributed by atoms with E-state index in [0.29, 0.717) is 29.2 Å². The highest BCUT2D eigenvalue weighted by molar-refractivity contribution is 9.09. The fourth-order valence-electron chi connectivity index (χ4n) is 3.38. The van der Waals surface area contributed by atoms with Crippen molar-refractivity contribution in [1.82, 2.24) is 4.90 Å². The van der Waals surface area contributed by atoms with Crippen LogP contribution in [-0.2, 0) is 11.2 Å². The number of carbonyl (C=O) groups is 1. The number of alkyl halides is 1. The van der Waals surface area contributed by atoms with Gasteiger partial charge in [-0.2, -0.15) is 0 Å². The Hall–Kier alpha value is -0.830. The second-order valence-corrected chi connectivity index (χ2v) is 6.71. The van der Waals surface area contributed by atoms with Gasteiger partial charge in [-0.05, 0) is 31.2 Å². The molecule has 0 radical (unpaired) electrons. The van der Waals surface area contributed by atoms with E-state index in [-0.39, 0.29) is 0 Å². The molecule has 0 N–H and O–H groups in total. The molecule has 2 unspecified atom stereocenters. The average molecular weight is 308 g/mol. The molecule has 0 aromatic heterocycles. The van der Waals surface area contributed by atoms with Gasteiger partial charge < -0.3 is 4.90 Å². The lowest BCUT2D eigenvalue weighted by molar-refractivity contribution is -0.134. The van der Waals surface area contributed by atoms with Gasteiger partial charge in [0.15, 0.2) is 0 Å². The van der Waals surface area contributed by atoms with Crippen LogP contribution in [0, 0.1) is 0 Å². The highest BCUT2D eigenvalue weighted by atomic mass is 79.9. The van der Waals surface area contributed by atoms with E-state index in [4.69, 9.17) is 0 Å². The lowest BCUT2D eigenvalue weighted by Crippen LogP contribution is -2.47. The van der Waals surface area contributed by atoms with Gasteiger partial charge in [0.2, 0.25) is 5.91 Å². The van der Waals surface area contributed by atoms with Crippen molar-refractivity contribution in [2.24, 2.45) is 0 Å². The molecule has 1 amide bonds. The summed E-state index contributed by atoms with van der Waals surface area (Å²) in [5.74, 6) is 0.313. The third-order valence-corrected chi connectivity index (χ3v) is 4.91. The van der Waals surface area contributed by atoms with Crippen LogP contribution >= 0.6 is 15.9 Å². The molecule has 0 aliphatic carbocycles. The Labute approximate surface area is 116 Å². The summed E-state index contributed by atoms with van der Waals surface area (Å²) in [6, 6.07) is 11.0. The number of benzene rings is 1.